The molecular formula is C23H37N5O3. The molecule has 8 heteroatoms. The minimum atomic E-state index is -0.564. The predicted molar refractivity (Wildman–Crippen MR) is 122 cm³/mol. The fraction of sp³-hybridized carbons (Fsp3) is 0.652. The number of nitrogens with two attached hydrogens (primary N) is 1. The van der Waals surface area contributed by atoms with Crippen LogP contribution in [0.5, 0.6) is 5.75 Å². The van der Waals surface area contributed by atoms with Crippen molar-refractivity contribution >= 4 is 17.5 Å². The smallest absolute Gasteiger partial charge is 0.252 e. The van der Waals surface area contributed by atoms with Crippen molar-refractivity contribution in [2.75, 3.05) is 59.2 Å². The number of hydrogen-bond acceptors (Lipinski definition) is 6. The number of nitrogen functional groups attached to an aromatic ring is 1. The summed E-state index contributed by atoms with van der Waals surface area (Å²) in [6, 6.07) is 4.96. The van der Waals surface area contributed by atoms with Gasteiger partial charge in [0.25, 0.3) is 5.91 Å². The third-order valence-electron chi connectivity index (χ3n) is 6.54. The molecule has 0 radical (unpaired) electrons. The van der Waals surface area contributed by atoms with Gasteiger partial charge in [0.05, 0.1) is 12.8 Å². The Labute approximate surface area is 185 Å². The number of hydrogen-bond donors (Lipinski definition) is 2. The first kappa shape index (κ1) is 23.3. The number of methoxy groups -OCH3 is 1. The van der Waals surface area contributed by atoms with E-state index in [2.05, 4.69) is 22.2 Å². The van der Waals surface area contributed by atoms with Crippen LogP contribution in [0.4, 0.5) is 5.69 Å². The highest BCUT2D eigenvalue weighted by atomic mass is 16.5. The normalized spacial score (nSPS) is 20.0. The van der Waals surface area contributed by atoms with Crippen LogP contribution in [0.1, 0.15) is 37.0 Å². The molecule has 1 aromatic rings. The Kier molecular flexibility index (Phi) is 7.78. The third-order valence-corrected chi connectivity index (χ3v) is 6.54. The zero-order chi connectivity index (χ0) is 22.5. The molecule has 2 amide bonds. The average Bonchev–Trinajstić information content (AvgIpc) is 2.77. The fourth-order valence-electron chi connectivity index (χ4n) is 4.48. The number of carbonyl (C=O) groups is 2. The molecule has 0 aromatic heterocycles. The topological polar surface area (TPSA) is 91.1 Å². The number of amides is 2. The Bertz CT molecular complexity index is 768. The highest BCUT2D eigenvalue weighted by Crippen LogP contribution is 2.22. The molecule has 3 rings (SSSR count). The molecule has 0 bridgehead atoms. The van der Waals surface area contributed by atoms with Gasteiger partial charge < -0.3 is 25.6 Å². The van der Waals surface area contributed by atoms with E-state index >= 15 is 0 Å². The minimum Gasteiger partial charge on any atom is -0.495 e. The van der Waals surface area contributed by atoms with E-state index < -0.39 is 6.04 Å². The molecular weight excluding hydrogens is 394 g/mol. The van der Waals surface area contributed by atoms with E-state index in [1.54, 1.807) is 18.2 Å². The number of carbonyl (C=O) groups excluding carboxylic acids is 2. The van der Waals surface area contributed by atoms with E-state index in [1.807, 2.05) is 18.7 Å². The van der Waals surface area contributed by atoms with Crippen LogP contribution in [0.2, 0.25) is 0 Å². The van der Waals surface area contributed by atoms with E-state index in [-0.39, 0.29) is 17.7 Å². The van der Waals surface area contributed by atoms with Gasteiger partial charge in [-0.2, -0.15) is 0 Å². The number of anilines is 1. The molecule has 31 heavy (non-hydrogen) atoms. The van der Waals surface area contributed by atoms with Gasteiger partial charge >= 0.3 is 0 Å². The number of ether oxygens (including phenoxy) is 1. The first-order valence-electron chi connectivity index (χ1n) is 11.3. The zero-order valence-electron chi connectivity index (χ0n) is 19.3. The van der Waals surface area contributed by atoms with Crippen molar-refractivity contribution in [3.05, 3.63) is 23.8 Å². The molecule has 0 spiro atoms. The van der Waals surface area contributed by atoms with Crippen LogP contribution in [-0.4, -0.2) is 92.0 Å². The molecule has 1 aromatic carbocycles. The lowest BCUT2D eigenvalue weighted by Gasteiger charge is -2.43. The minimum absolute atomic E-state index is 0.00661. The average molecular weight is 432 g/mol. The van der Waals surface area contributed by atoms with E-state index in [1.165, 1.54) is 20.0 Å². The molecule has 2 aliphatic heterocycles. The lowest BCUT2D eigenvalue weighted by atomic mass is 10.0. The number of piperazine rings is 1. The van der Waals surface area contributed by atoms with Crippen molar-refractivity contribution in [3.63, 3.8) is 0 Å². The van der Waals surface area contributed by atoms with E-state index in [4.69, 9.17) is 10.5 Å². The van der Waals surface area contributed by atoms with E-state index in [0.29, 0.717) is 36.1 Å². The van der Waals surface area contributed by atoms with Crippen molar-refractivity contribution in [2.45, 2.75) is 38.8 Å². The Morgan fingerprint density at radius 3 is 2.29 bits per heavy atom. The van der Waals surface area contributed by atoms with Gasteiger partial charge in [-0.25, -0.2) is 0 Å². The first-order chi connectivity index (χ1) is 14.8. The SMILES string of the molecule is COc1ccc(C(=O)N[C@@H](C(=O)N2CCN(C3CCN(C)CC3)CC2)C(C)C)cc1N. The molecule has 172 valence electrons. The maximum Gasteiger partial charge on any atom is 0.252 e. The molecule has 8 nitrogen and oxygen atoms in total. The van der Waals surface area contributed by atoms with Crippen LogP contribution >= 0.6 is 0 Å². The fourth-order valence-corrected chi connectivity index (χ4v) is 4.48. The third kappa shape index (κ3) is 5.68. The summed E-state index contributed by atoms with van der Waals surface area (Å²) in [7, 11) is 3.71. The summed E-state index contributed by atoms with van der Waals surface area (Å²) in [5.41, 5.74) is 6.75. The Balaban J connectivity index is 1.58. The van der Waals surface area contributed by atoms with Crippen LogP contribution in [0, 0.1) is 5.92 Å². The summed E-state index contributed by atoms with van der Waals surface area (Å²) in [5, 5.41) is 2.93. The number of benzene rings is 1. The predicted octanol–water partition coefficient (Wildman–Crippen LogP) is 1.27. The van der Waals surface area contributed by atoms with Crippen LogP contribution in [-0.2, 0) is 4.79 Å². The molecule has 0 saturated carbocycles. The van der Waals surface area contributed by atoms with Gasteiger partial charge in [0.1, 0.15) is 11.8 Å². The van der Waals surface area contributed by atoms with Gasteiger partial charge in [-0.05, 0) is 57.1 Å². The number of nitrogens with one attached hydrogen (secondary N) is 1. The molecule has 1 atom stereocenters. The van der Waals surface area contributed by atoms with Crippen molar-refractivity contribution < 1.29 is 14.3 Å². The zero-order valence-corrected chi connectivity index (χ0v) is 19.3. The summed E-state index contributed by atoms with van der Waals surface area (Å²) < 4.78 is 5.15. The number of piperidine rings is 1. The van der Waals surface area contributed by atoms with Crippen molar-refractivity contribution in [2.24, 2.45) is 5.92 Å². The van der Waals surface area contributed by atoms with Crippen LogP contribution in [0.3, 0.4) is 0 Å². The lowest BCUT2D eigenvalue weighted by Crippen LogP contribution is -2.58. The van der Waals surface area contributed by atoms with Crippen molar-refractivity contribution in [1.82, 2.24) is 20.0 Å². The first-order valence-corrected chi connectivity index (χ1v) is 11.3. The lowest BCUT2D eigenvalue weighted by molar-refractivity contribution is -0.136. The largest absolute Gasteiger partial charge is 0.495 e. The number of likely N-dealkylation sites (tertiary alicyclic amines) is 1. The van der Waals surface area contributed by atoms with E-state index in [0.717, 1.165) is 26.2 Å². The van der Waals surface area contributed by atoms with Crippen LogP contribution in [0.15, 0.2) is 18.2 Å². The van der Waals surface area contributed by atoms with Crippen molar-refractivity contribution in [3.8, 4) is 5.75 Å². The van der Waals surface area contributed by atoms with Crippen LogP contribution in [0.25, 0.3) is 0 Å². The molecule has 3 N–H and O–H groups in total. The highest BCUT2D eigenvalue weighted by Gasteiger charge is 2.33. The monoisotopic (exact) mass is 431 g/mol. The number of rotatable bonds is 6. The quantitative estimate of drug-likeness (QED) is 0.659. The summed E-state index contributed by atoms with van der Waals surface area (Å²) in [5.74, 6) is 0.202. The molecule has 0 unspecified atom stereocenters. The molecule has 2 saturated heterocycles. The maximum atomic E-state index is 13.2. The second-order valence-electron chi connectivity index (χ2n) is 9.05. The Hall–Kier alpha value is -2.32. The van der Waals surface area contributed by atoms with Gasteiger partial charge in [0, 0.05) is 37.8 Å². The second kappa shape index (κ2) is 10.3. The van der Waals surface area contributed by atoms with Gasteiger partial charge in [-0.15, -0.1) is 0 Å². The summed E-state index contributed by atoms with van der Waals surface area (Å²) >= 11 is 0. The van der Waals surface area contributed by atoms with Gasteiger partial charge in [0.15, 0.2) is 0 Å². The maximum absolute atomic E-state index is 13.2. The van der Waals surface area contributed by atoms with Crippen LogP contribution < -0.4 is 15.8 Å². The van der Waals surface area contributed by atoms with E-state index in [9.17, 15) is 9.59 Å². The Morgan fingerprint density at radius 1 is 1.10 bits per heavy atom. The molecule has 0 aliphatic carbocycles. The molecule has 2 aliphatic rings. The number of nitrogens with zero attached hydrogens (tertiary/aromatic N) is 3. The standard InChI is InChI=1S/C23H37N5O3/c1-16(2)21(25-22(29)17-5-6-20(31-4)19(24)15-17)23(30)28-13-11-27(12-14-28)18-7-9-26(3)10-8-18/h5-6,15-16,18,21H,7-14,24H2,1-4H3,(H,25,29)/t21-/m1/s1. The second-order valence-corrected chi connectivity index (χ2v) is 9.05. The summed E-state index contributed by atoms with van der Waals surface area (Å²) in [6.45, 7) is 9.41. The van der Waals surface area contributed by atoms with Crippen molar-refractivity contribution in [1.29, 1.82) is 0 Å². The van der Waals surface area contributed by atoms with Gasteiger partial charge in [-0.1, -0.05) is 13.8 Å². The van der Waals surface area contributed by atoms with Gasteiger partial charge in [-0.3, -0.25) is 14.5 Å². The van der Waals surface area contributed by atoms with Gasteiger partial charge in [0.2, 0.25) is 5.91 Å². The molecule has 2 fully saturated rings. The highest BCUT2D eigenvalue weighted by molar-refractivity contribution is 5.98. The summed E-state index contributed by atoms with van der Waals surface area (Å²) in [4.78, 5) is 32.8. The Morgan fingerprint density at radius 2 is 1.74 bits per heavy atom. The molecule has 2 heterocycles. The summed E-state index contributed by atoms with van der Waals surface area (Å²) in [6.07, 6.45) is 2.39.